The second kappa shape index (κ2) is 4.79. The first-order valence-electron chi connectivity index (χ1n) is 5.06. The molecule has 4 nitrogen and oxygen atoms in total. The first-order chi connectivity index (χ1) is 7.41. The monoisotopic (exact) mass is 221 g/mol. The molecule has 0 radical (unpaired) electrons. The number of amides is 1. The molecule has 2 N–H and O–H groups in total. The third kappa shape index (κ3) is 2.82. The lowest BCUT2D eigenvalue weighted by atomic mass is 10.0. The number of rotatable bonds is 2. The van der Waals surface area contributed by atoms with E-state index < -0.39 is 11.9 Å². The highest BCUT2D eigenvalue weighted by Gasteiger charge is 2.13. The second-order valence-corrected chi connectivity index (χ2v) is 3.99. The number of hydrogen-bond acceptors (Lipinski definition) is 2. The van der Waals surface area contributed by atoms with Crippen LogP contribution in [0.15, 0.2) is 18.2 Å². The lowest BCUT2D eigenvalue weighted by molar-refractivity contribution is -0.147. The van der Waals surface area contributed by atoms with Gasteiger partial charge in [0.05, 0.1) is 0 Å². The van der Waals surface area contributed by atoms with Gasteiger partial charge in [0.25, 0.3) is 0 Å². The third-order valence-electron chi connectivity index (χ3n) is 2.37. The molecule has 16 heavy (non-hydrogen) atoms. The molecule has 0 heterocycles. The van der Waals surface area contributed by atoms with Crippen molar-refractivity contribution >= 4 is 17.6 Å². The number of benzene rings is 1. The van der Waals surface area contributed by atoms with Crippen LogP contribution in [0.2, 0.25) is 0 Å². The van der Waals surface area contributed by atoms with Gasteiger partial charge in [-0.25, -0.2) is 4.79 Å². The van der Waals surface area contributed by atoms with Crippen LogP contribution in [0.3, 0.4) is 0 Å². The molecule has 0 bridgehead atoms. The van der Waals surface area contributed by atoms with E-state index in [4.69, 9.17) is 5.11 Å². The van der Waals surface area contributed by atoms with Gasteiger partial charge in [-0.2, -0.15) is 0 Å². The zero-order valence-electron chi connectivity index (χ0n) is 9.57. The maximum Gasteiger partial charge on any atom is 0.394 e. The molecule has 0 saturated heterocycles. The predicted molar refractivity (Wildman–Crippen MR) is 61.5 cm³/mol. The van der Waals surface area contributed by atoms with Crippen LogP contribution in [0.1, 0.15) is 30.9 Å². The Labute approximate surface area is 94.3 Å². The molecule has 0 fully saturated rings. The summed E-state index contributed by atoms with van der Waals surface area (Å²) in [6.45, 7) is 5.89. The smallest absolute Gasteiger partial charge is 0.394 e. The highest BCUT2D eigenvalue weighted by molar-refractivity contribution is 6.36. The molecule has 0 atom stereocenters. The molecule has 1 aromatic rings. The number of aryl methyl sites for hydroxylation is 1. The van der Waals surface area contributed by atoms with Gasteiger partial charge in [0.15, 0.2) is 0 Å². The molecule has 0 unspecified atom stereocenters. The fourth-order valence-electron chi connectivity index (χ4n) is 1.31. The Morgan fingerprint density at radius 2 is 1.94 bits per heavy atom. The topological polar surface area (TPSA) is 66.4 Å². The van der Waals surface area contributed by atoms with Gasteiger partial charge in [-0.1, -0.05) is 26.0 Å². The van der Waals surface area contributed by atoms with Crippen LogP contribution in [-0.2, 0) is 9.59 Å². The molecule has 1 aromatic carbocycles. The van der Waals surface area contributed by atoms with E-state index >= 15 is 0 Å². The number of anilines is 1. The van der Waals surface area contributed by atoms with Crippen LogP contribution >= 0.6 is 0 Å². The summed E-state index contributed by atoms with van der Waals surface area (Å²) >= 11 is 0. The van der Waals surface area contributed by atoms with Gasteiger partial charge in [-0.05, 0) is 30.0 Å². The van der Waals surface area contributed by atoms with E-state index in [-0.39, 0.29) is 0 Å². The van der Waals surface area contributed by atoms with Crippen molar-refractivity contribution in [3.05, 3.63) is 29.3 Å². The van der Waals surface area contributed by atoms with Crippen LogP contribution < -0.4 is 5.32 Å². The number of carboxylic acids is 1. The van der Waals surface area contributed by atoms with Crippen LogP contribution in [0.25, 0.3) is 0 Å². The molecule has 1 rings (SSSR count). The van der Waals surface area contributed by atoms with E-state index in [1.807, 2.05) is 32.9 Å². The molecule has 1 amide bonds. The maximum absolute atomic E-state index is 11.0. The fraction of sp³-hybridized carbons (Fsp3) is 0.333. The van der Waals surface area contributed by atoms with Crippen molar-refractivity contribution < 1.29 is 14.7 Å². The Hall–Kier alpha value is -1.84. The van der Waals surface area contributed by atoms with E-state index in [1.165, 1.54) is 0 Å². The van der Waals surface area contributed by atoms with Crippen molar-refractivity contribution in [1.82, 2.24) is 0 Å². The van der Waals surface area contributed by atoms with Crippen LogP contribution in [0.4, 0.5) is 5.69 Å². The molecule has 0 aliphatic heterocycles. The van der Waals surface area contributed by atoms with E-state index in [1.54, 1.807) is 6.07 Å². The van der Waals surface area contributed by atoms with E-state index in [2.05, 4.69) is 5.32 Å². The minimum atomic E-state index is -1.48. The first-order valence-corrected chi connectivity index (χ1v) is 5.06. The van der Waals surface area contributed by atoms with Gasteiger partial charge in [0.2, 0.25) is 0 Å². The largest absolute Gasteiger partial charge is 0.474 e. The summed E-state index contributed by atoms with van der Waals surface area (Å²) in [6, 6.07) is 5.64. The molecule has 0 aliphatic carbocycles. The summed E-state index contributed by atoms with van der Waals surface area (Å²) in [5.41, 5.74) is 2.46. The summed E-state index contributed by atoms with van der Waals surface area (Å²) in [5.74, 6) is -2.15. The van der Waals surface area contributed by atoms with Crippen molar-refractivity contribution in [2.24, 2.45) is 0 Å². The standard InChI is InChI=1S/C12H15NO3/c1-7(2)9-5-4-8(3)10(6-9)13-11(14)12(15)16/h4-7H,1-3H3,(H,13,14)(H,15,16). The Morgan fingerprint density at radius 3 is 2.44 bits per heavy atom. The number of aliphatic carboxylic acids is 1. The van der Waals surface area contributed by atoms with Crippen molar-refractivity contribution in [1.29, 1.82) is 0 Å². The summed E-state index contributed by atoms with van der Waals surface area (Å²) < 4.78 is 0. The molecular weight excluding hydrogens is 206 g/mol. The highest BCUT2D eigenvalue weighted by Crippen LogP contribution is 2.22. The number of carboxylic acid groups (broad SMARTS) is 1. The minimum Gasteiger partial charge on any atom is -0.474 e. The van der Waals surface area contributed by atoms with Gasteiger partial charge >= 0.3 is 11.9 Å². The predicted octanol–water partition coefficient (Wildman–Crippen LogP) is 2.14. The number of hydrogen-bond donors (Lipinski definition) is 2. The first kappa shape index (κ1) is 12.2. The maximum atomic E-state index is 11.0. The summed E-state index contributed by atoms with van der Waals surface area (Å²) in [7, 11) is 0. The average molecular weight is 221 g/mol. The summed E-state index contributed by atoms with van der Waals surface area (Å²) in [4.78, 5) is 21.5. The Kier molecular flexibility index (Phi) is 3.66. The Morgan fingerprint density at radius 1 is 1.31 bits per heavy atom. The number of carbonyl (C=O) groups is 2. The lowest BCUT2D eigenvalue weighted by Crippen LogP contribution is -2.22. The van der Waals surface area contributed by atoms with Crippen molar-refractivity contribution in [2.45, 2.75) is 26.7 Å². The molecule has 0 spiro atoms. The molecule has 0 aliphatic rings. The second-order valence-electron chi connectivity index (χ2n) is 3.99. The third-order valence-corrected chi connectivity index (χ3v) is 2.37. The lowest BCUT2D eigenvalue weighted by Gasteiger charge is -2.11. The average Bonchev–Trinajstić information content (AvgIpc) is 2.20. The highest BCUT2D eigenvalue weighted by atomic mass is 16.4. The number of nitrogens with one attached hydrogen (secondary N) is 1. The number of carbonyl (C=O) groups excluding carboxylic acids is 1. The summed E-state index contributed by atoms with van der Waals surface area (Å²) in [5, 5.41) is 10.9. The van der Waals surface area contributed by atoms with Crippen LogP contribution in [-0.4, -0.2) is 17.0 Å². The van der Waals surface area contributed by atoms with E-state index in [0.29, 0.717) is 11.6 Å². The minimum absolute atomic E-state index is 0.334. The van der Waals surface area contributed by atoms with Crippen molar-refractivity contribution in [3.8, 4) is 0 Å². The quantitative estimate of drug-likeness (QED) is 0.752. The summed E-state index contributed by atoms with van der Waals surface area (Å²) in [6.07, 6.45) is 0. The van der Waals surface area contributed by atoms with Crippen LogP contribution in [0, 0.1) is 6.92 Å². The molecule has 0 aromatic heterocycles. The zero-order valence-corrected chi connectivity index (χ0v) is 9.57. The van der Waals surface area contributed by atoms with Gasteiger partial charge in [0, 0.05) is 5.69 Å². The van der Waals surface area contributed by atoms with Gasteiger partial charge in [-0.3, -0.25) is 4.79 Å². The van der Waals surface area contributed by atoms with Gasteiger partial charge < -0.3 is 10.4 Å². The Bertz CT molecular complexity index is 424. The molecule has 4 heteroatoms. The zero-order chi connectivity index (χ0) is 12.3. The van der Waals surface area contributed by atoms with Crippen molar-refractivity contribution in [2.75, 3.05) is 5.32 Å². The Balaban J connectivity index is 2.99. The normalized spacial score (nSPS) is 10.2. The molecular formula is C12H15NO3. The fourth-order valence-corrected chi connectivity index (χ4v) is 1.31. The molecule has 86 valence electrons. The van der Waals surface area contributed by atoms with E-state index in [9.17, 15) is 9.59 Å². The van der Waals surface area contributed by atoms with E-state index in [0.717, 1.165) is 11.1 Å². The van der Waals surface area contributed by atoms with Crippen molar-refractivity contribution in [3.63, 3.8) is 0 Å². The van der Waals surface area contributed by atoms with Crippen LogP contribution in [0.5, 0.6) is 0 Å². The SMILES string of the molecule is Cc1ccc(C(C)C)cc1NC(=O)C(=O)O. The van der Waals surface area contributed by atoms with Gasteiger partial charge in [0.1, 0.15) is 0 Å². The molecule has 0 saturated carbocycles. The van der Waals surface area contributed by atoms with Gasteiger partial charge in [-0.15, -0.1) is 0 Å².